The number of carbonyl (C=O) groups is 2. The van der Waals surface area contributed by atoms with Crippen LogP contribution in [-0.4, -0.2) is 47.4 Å². The quantitative estimate of drug-likeness (QED) is 0.773. The Morgan fingerprint density at radius 1 is 1.33 bits per heavy atom. The first-order valence-electron chi connectivity index (χ1n) is 9.00. The number of aromatic nitrogens is 1. The Bertz CT molecular complexity index is 846. The highest BCUT2D eigenvalue weighted by Gasteiger charge is 2.26. The SMILES string of the molecule is O=C(CN1CCc2nc(NC(=O)C3CCCO3)sc2C1)c1ccc(Cl)cc1. The van der Waals surface area contributed by atoms with Crippen LogP contribution in [0, 0.1) is 0 Å². The molecule has 6 nitrogen and oxygen atoms in total. The highest BCUT2D eigenvalue weighted by Crippen LogP contribution is 2.29. The highest BCUT2D eigenvalue weighted by atomic mass is 35.5. The van der Waals surface area contributed by atoms with Gasteiger partial charge in [-0.25, -0.2) is 4.98 Å². The summed E-state index contributed by atoms with van der Waals surface area (Å²) >= 11 is 7.36. The summed E-state index contributed by atoms with van der Waals surface area (Å²) in [7, 11) is 0. The number of ketones is 1. The first-order chi connectivity index (χ1) is 13.1. The molecule has 142 valence electrons. The molecule has 1 amide bonds. The molecule has 4 rings (SSSR count). The average molecular weight is 406 g/mol. The number of hydrogen-bond acceptors (Lipinski definition) is 6. The number of amides is 1. The molecule has 1 fully saturated rings. The number of rotatable bonds is 5. The number of nitrogens with zero attached hydrogens (tertiary/aromatic N) is 2. The van der Waals surface area contributed by atoms with Gasteiger partial charge >= 0.3 is 0 Å². The van der Waals surface area contributed by atoms with Crippen molar-refractivity contribution in [2.24, 2.45) is 0 Å². The third-order valence-electron chi connectivity index (χ3n) is 4.80. The third-order valence-corrected chi connectivity index (χ3v) is 6.05. The second-order valence-corrected chi connectivity index (χ2v) is 8.29. The molecule has 2 aliphatic rings. The van der Waals surface area contributed by atoms with Crippen molar-refractivity contribution in [2.75, 3.05) is 25.0 Å². The van der Waals surface area contributed by atoms with E-state index >= 15 is 0 Å². The van der Waals surface area contributed by atoms with Crippen LogP contribution < -0.4 is 5.32 Å². The molecule has 1 unspecified atom stereocenters. The Morgan fingerprint density at radius 3 is 2.89 bits per heavy atom. The van der Waals surface area contributed by atoms with Crippen LogP contribution in [0.2, 0.25) is 5.02 Å². The highest BCUT2D eigenvalue weighted by molar-refractivity contribution is 7.15. The fourth-order valence-electron chi connectivity index (χ4n) is 3.34. The van der Waals surface area contributed by atoms with Crippen molar-refractivity contribution in [3.8, 4) is 0 Å². The fraction of sp³-hybridized carbons (Fsp3) is 0.421. The van der Waals surface area contributed by atoms with Crippen LogP contribution in [0.3, 0.4) is 0 Å². The van der Waals surface area contributed by atoms with Gasteiger partial charge in [0.15, 0.2) is 10.9 Å². The number of Topliss-reactive ketones (excluding diaryl/α,β-unsaturated/α-hetero) is 1. The van der Waals surface area contributed by atoms with E-state index < -0.39 is 0 Å². The topological polar surface area (TPSA) is 71.5 Å². The minimum absolute atomic E-state index is 0.0755. The minimum atomic E-state index is -0.362. The van der Waals surface area contributed by atoms with Crippen molar-refractivity contribution in [1.29, 1.82) is 0 Å². The number of ether oxygens (including phenoxy) is 1. The number of fused-ring (bicyclic) bond motifs is 1. The van der Waals surface area contributed by atoms with E-state index in [9.17, 15) is 9.59 Å². The van der Waals surface area contributed by atoms with Crippen molar-refractivity contribution in [3.63, 3.8) is 0 Å². The molecule has 1 N–H and O–H groups in total. The van der Waals surface area contributed by atoms with E-state index in [0.29, 0.717) is 35.4 Å². The first kappa shape index (κ1) is 18.6. The van der Waals surface area contributed by atoms with Crippen LogP contribution in [-0.2, 0) is 22.5 Å². The molecule has 1 atom stereocenters. The van der Waals surface area contributed by atoms with E-state index in [-0.39, 0.29) is 17.8 Å². The van der Waals surface area contributed by atoms with E-state index in [2.05, 4.69) is 15.2 Å². The van der Waals surface area contributed by atoms with E-state index in [1.54, 1.807) is 24.3 Å². The maximum Gasteiger partial charge on any atom is 0.255 e. The number of hydrogen-bond donors (Lipinski definition) is 1. The average Bonchev–Trinajstić information content (AvgIpc) is 3.31. The molecule has 2 aromatic rings. The molecular weight excluding hydrogens is 386 g/mol. The lowest BCUT2D eigenvalue weighted by Crippen LogP contribution is -2.34. The van der Waals surface area contributed by atoms with Gasteiger partial charge in [0.1, 0.15) is 6.10 Å². The molecule has 8 heteroatoms. The van der Waals surface area contributed by atoms with Gasteiger partial charge in [0.05, 0.1) is 12.2 Å². The molecule has 1 aromatic carbocycles. The molecule has 1 aromatic heterocycles. The van der Waals surface area contributed by atoms with Crippen LogP contribution >= 0.6 is 22.9 Å². The summed E-state index contributed by atoms with van der Waals surface area (Å²) in [6, 6.07) is 6.97. The predicted octanol–water partition coefficient (Wildman–Crippen LogP) is 3.16. The molecule has 27 heavy (non-hydrogen) atoms. The van der Waals surface area contributed by atoms with Gasteiger partial charge in [0.25, 0.3) is 5.91 Å². The van der Waals surface area contributed by atoms with Gasteiger partial charge in [-0.3, -0.25) is 19.8 Å². The Morgan fingerprint density at radius 2 is 2.15 bits per heavy atom. The zero-order valence-corrected chi connectivity index (χ0v) is 16.3. The summed E-state index contributed by atoms with van der Waals surface area (Å²) in [5.74, 6) is -0.0418. The van der Waals surface area contributed by atoms with Gasteiger partial charge in [-0.05, 0) is 37.1 Å². The normalized spacial score (nSPS) is 19.7. The Hall–Kier alpha value is -1.80. The number of carbonyl (C=O) groups excluding carboxylic acids is 2. The summed E-state index contributed by atoms with van der Waals surface area (Å²) in [5, 5.41) is 4.11. The molecule has 0 radical (unpaired) electrons. The predicted molar refractivity (Wildman–Crippen MR) is 104 cm³/mol. The van der Waals surface area contributed by atoms with Crippen molar-refractivity contribution in [3.05, 3.63) is 45.4 Å². The van der Waals surface area contributed by atoms with Crippen molar-refractivity contribution >= 4 is 39.8 Å². The largest absolute Gasteiger partial charge is 0.368 e. The Balaban J connectivity index is 1.36. The molecule has 1 saturated heterocycles. The van der Waals surface area contributed by atoms with Crippen LogP contribution in [0.5, 0.6) is 0 Å². The number of benzene rings is 1. The Labute approximate surface area is 166 Å². The minimum Gasteiger partial charge on any atom is -0.368 e. The summed E-state index contributed by atoms with van der Waals surface area (Å²) in [5.41, 5.74) is 1.68. The molecule has 0 aliphatic carbocycles. The van der Waals surface area contributed by atoms with Gasteiger partial charge in [0.2, 0.25) is 0 Å². The van der Waals surface area contributed by atoms with Gasteiger partial charge in [-0.15, -0.1) is 11.3 Å². The monoisotopic (exact) mass is 405 g/mol. The van der Waals surface area contributed by atoms with Crippen LogP contribution in [0.1, 0.15) is 33.8 Å². The second kappa shape index (κ2) is 8.06. The summed E-state index contributed by atoms with van der Waals surface area (Å²) in [4.78, 5) is 32.4. The molecule has 0 spiro atoms. The zero-order valence-electron chi connectivity index (χ0n) is 14.7. The number of anilines is 1. The molecule has 0 bridgehead atoms. The van der Waals surface area contributed by atoms with Crippen LogP contribution in [0.4, 0.5) is 5.13 Å². The number of thiazole rings is 1. The van der Waals surface area contributed by atoms with Gasteiger partial charge < -0.3 is 4.74 Å². The molecule has 3 heterocycles. The summed E-state index contributed by atoms with van der Waals surface area (Å²) in [6.07, 6.45) is 2.09. The fourth-order valence-corrected chi connectivity index (χ4v) is 4.52. The first-order valence-corrected chi connectivity index (χ1v) is 10.2. The van der Waals surface area contributed by atoms with Gasteiger partial charge in [-0.1, -0.05) is 11.6 Å². The maximum absolute atomic E-state index is 12.5. The van der Waals surface area contributed by atoms with Gasteiger partial charge in [-0.2, -0.15) is 0 Å². The second-order valence-electron chi connectivity index (χ2n) is 6.77. The van der Waals surface area contributed by atoms with Crippen LogP contribution in [0.15, 0.2) is 24.3 Å². The lowest BCUT2D eigenvalue weighted by Gasteiger charge is -2.25. The van der Waals surface area contributed by atoms with Crippen molar-refractivity contribution in [2.45, 2.75) is 31.9 Å². The van der Waals surface area contributed by atoms with E-state index in [0.717, 1.165) is 36.4 Å². The van der Waals surface area contributed by atoms with E-state index in [4.69, 9.17) is 16.3 Å². The summed E-state index contributed by atoms with van der Waals surface area (Å²) < 4.78 is 5.41. The van der Waals surface area contributed by atoms with Gasteiger partial charge in [0, 0.05) is 41.6 Å². The van der Waals surface area contributed by atoms with Crippen LogP contribution in [0.25, 0.3) is 0 Å². The Kier molecular flexibility index (Phi) is 5.54. The maximum atomic E-state index is 12.5. The third kappa shape index (κ3) is 4.38. The lowest BCUT2D eigenvalue weighted by molar-refractivity contribution is -0.124. The number of halogens is 1. The standard InChI is InChI=1S/C19H20ClN3O3S/c20-13-5-3-12(4-6-13)15(24)10-23-8-7-14-17(11-23)27-19(21-14)22-18(25)16-2-1-9-26-16/h3-6,16H,1-2,7-11H2,(H,21,22,25). The van der Waals surface area contributed by atoms with E-state index in [1.165, 1.54) is 11.3 Å². The summed E-state index contributed by atoms with van der Waals surface area (Å²) in [6.45, 7) is 2.44. The molecule has 2 aliphatic heterocycles. The van der Waals surface area contributed by atoms with Crippen molar-refractivity contribution < 1.29 is 14.3 Å². The molecular formula is C19H20ClN3O3S. The molecule has 0 saturated carbocycles. The number of nitrogens with one attached hydrogen (secondary N) is 1. The lowest BCUT2D eigenvalue weighted by atomic mass is 10.1. The van der Waals surface area contributed by atoms with Crippen molar-refractivity contribution in [1.82, 2.24) is 9.88 Å². The van der Waals surface area contributed by atoms with E-state index in [1.807, 2.05) is 0 Å². The smallest absolute Gasteiger partial charge is 0.255 e. The zero-order chi connectivity index (χ0) is 18.8.